The summed E-state index contributed by atoms with van der Waals surface area (Å²) < 4.78 is 0. The lowest BCUT2D eigenvalue weighted by Gasteiger charge is -2.60. The fourth-order valence-corrected chi connectivity index (χ4v) is 6.89. The lowest BCUT2D eigenvalue weighted by molar-refractivity contribution is -0.0771. The van der Waals surface area contributed by atoms with E-state index in [9.17, 15) is 0 Å². The highest BCUT2D eigenvalue weighted by Gasteiger charge is 2.57. The normalized spacial score (nSPS) is 55.1. The van der Waals surface area contributed by atoms with Gasteiger partial charge in [0, 0.05) is 18.0 Å². The van der Waals surface area contributed by atoms with E-state index in [0.29, 0.717) is 10.8 Å². The van der Waals surface area contributed by atoms with Crippen LogP contribution in [0.3, 0.4) is 0 Å². The van der Waals surface area contributed by atoms with Gasteiger partial charge in [0.05, 0.1) is 0 Å². The maximum absolute atomic E-state index is 2.62. The Morgan fingerprint density at radius 1 is 1.00 bits per heavy atom. The predicted molar refractivity (Wildman–Crippen MR) is 84.6 cm³/mol. The number of likely N-dealkylation sites (N-methyl/N-ethyl adjacent to an activating group) is 1. The molecule has 3 aliphatic carbocycles. The third kappa shape index (κ3) is 1.65. The van der Waals surface area contributed by atoms with Gasteiger partial charge in [-0.2, -0.15) is 0 Å². The first-order valence-electron chi connectivity index (χ1n) is 8.92. The summed E-state index contributed by atoms with van der Waals surface area (Å²) in [7, 11) is 2.34. The molecule has 4 aliphatic rings. The summed E-state index contributed by atoms with van der Waals surface area (Å²) in [5, 5.41) is 0. The minimum Gasteiger partial charge on any atom is -0.299 e. The smallest absolute Gasteiger partial charge is 0.0187 e. The molecule has 0 amide bonds. The largest absolute Gasteiger partial charge is 0.299 e. The van der Waals surface area contributed by atoms with Crippen LogP contribution in [-0.2, 0) is 0 Å². The maximum Gasteiger partial charge on any atom is 0.0187 e. The van der Waals surface area contributed by atoms with Crippen molar-refractivity contribution in [3.63, 3.8) is 0 Å². The van der Waals surface area contributed by atoms with Gasteiger partial charge >= 0.3 is 0 Å². The quantitative estimate of drug-likeness (QED) is 0.588. The molecule has 20 heavy (non-hydrogen) atoms. The van der Waals surface area contributed by atoms with E-state index in [1.807, 2.05) is 0 Å². The molecule has 1 unspecified atom stereocenters. The van der Waals surface area contributed by atoms with Crippen molar-refractivity contribution in [2.24, 2.45) is 28.6 Å². The molecule has 1 heteroatoms. The summed E-state index contributed by atoms with van der Waals surface area (Å²) in [6.07, 6.45) is 15.5. The Bertz CT molecular complexity index is 427. The van der Waals surface area contributed by atoms with Crippen LogP contribution in [0.1, 0.15) is 58.8 Å². The van der Waals surface area contributed by atoms with Crippen LogP contribution in [0.4, 0.5) is 0 Å². The first-order valence-corrected chi connectivity index (χ1v) is 8.92. The summed E-state index contributed by atoms with van der Waals surface area (Å²) in [4.78, 5) is 2.62. The van der Waals surface area contributed by atoms with Crippen molar-refractivity contribution in [2.75, 3.05) is 13.6 Å². The van der Waals surface area contributed by atoms with Crippen LogP contribution < -0.4 is 0 Å². The van der Waals surface area contributed by atoms with Crippen molar-refractivity contribution >= 4 is 0 Å². The third-order valence-electron chi connectivity index (χ3n) is 7.91. The van der Waals surface area contributed by atoms with Gasteiger partial charge in [-0.3, -0.25) is 4.90 Å². The summed E-state index contributed by atoms with van der Waals surface area (Å²) in [6.45, 7) is 6.36. The van der Waals surface area contributed by atoms with Crippen LogP contribution >= 0.6 is 0 Å². The van der Waals surface area contributed by atoms with Gasteiger partial charge in [0.1, 0.15) is 0 Å². The fraction of sp³-hybridized carbons (Fsp3) is 0.895. The first kappa shape index (κ1) is 13.4. The summed E-state index contributed by atoms with van der Waals surface area (Å²) >= 11 is 0. The van der Waals surface area contributed by atoms with E-state index in [2.05, 4.69) is 37.9 Å². The predicted octanol–water partition coefficient (Wildman–Crippen LogP) is 4.49. The molecule has 3 fully saturated rings. The van der Waals surface area contributed by atoms with E-state index in [-0.39, 0.29) is 0 Å². The molecule has 112 valence electrons. The van der Waals surface area contributed by atoms with Gasteiger partial charge in [-0.25, -0.2) is 0 Å². The molecule has 0 aromatic rings. The molecular weight excluding hydrogens is 242 g/mol. The number of hydrogen-bond acceptors (Lipinski definition) is 1. The highest BCUT2D eigenvalue weighted by molar-refractivity contribution is 5.17. The highest BCUT2D eigenvalue weighted by atomic mass is 15.1. The second kappa shape index (κ2) is 4.35. The molecule has 0 aromatic carbocycles. The fourth-order valence-electron chi connectivity index (χ4n) is 6.89. The van der Waals surface area contributed by atoms with Crippen LogP contribution in [0, 0.1) is 28.6 Å². The Hall–Kier alpha value is -0.300. The number of nitrogens with zero attached hydrogens (tertiary/aromatic N) is 1. The Labute approximate surface area is 124 Å². The second-order valence-electron chi connectivity index (χ2n) is 8.76. The number of fused-ring (bicyclic) bond motifs is 5. The van der Waals surface area contributed by atoms with Crippen LogP contribution in [0.5, 0.6) is 0 Å². The summed E-state index contributed by atoms with van der Waals surface area (Å²) in [5.74, 6) is 3.02. The molecular formula is C19H31N. The maximum atomic E-state index is 2.62. The Morgan fingerprint density at radius 3 is 2.70 bits per heavy atom. The zero-order valence-electron chi connectivity index (χ0n) is 13.6. The average molecular weight is 273 g/mol. The van der Waals surface area contributed by atoms with E-state index >= 15 is 0 Å². The minimum atomic E-state index is 0.458. The molecule has 0 radical (unpaired) electrons. The van der Waals surface area contributed by atoms with E-state index < -0.39 is 0 Å². The minimum absolute atomic E-state index is 0.458. The van der Waals surface area contributed by atoms with E-state index in [0.717, 1.165) is 23.8 Å². The monoisotopic (exact) mass is 273 g/mol. The van der Waals surface area contributed by atoms with Crippen molar-refractivity contribution in [2.45, 2.75) is 64.8 Å². The van der Waals surface area contributed by atoms with Gasteiger partial charge in [0.25, 0.3) is 0 Å². The SMILES string of the molecule is CN1CC=C[C@@]2(C)C1CC[C@@H]1[C@H]2CC[C@]2(C)CCC[C@@H]12. The number of hydrogen-bond donors (Lipinski definition) is 0. The number of rotatable bonds is 0. The van der Waals surface area contributed by atoms with Crippen molar-refractivity contribution in [3.05, 3.63) is 12.2 Å². The van der Waals surface area contributed by atoms with Crippen LogP contribution in [0.25, 0.3) is 0 Å². The van der Waals surface area contributed by atoms with Crippen LogP contribution in [-0.4, -0.2) is 24.5 Å². The molecule has 0 spiro atoms. The molecule has 0 aromatic heterocycles. The molecule has 1 nitrogen and oxygen atoms in total. The Kier molecular flexibility index (Phi) is 2.91. The molecule has 0 saturated heterocycles. The Morgan fingerprint density at radius 2 is 1.85 bits per heavy atom. The molecule has 3 saturated carbocycles. The zero-order chi connectivity index (χ0) is 14.0. The standard InChI is InChI=1S/C19H31N/c1-18-10-4-6-15(18)14-7-8-17-19(2,16(14)9-12-18)11-5-13-20(17)3/h5,11,14-17H,4,6-10,12-13H2,1-3H3/t14-,15-,16+,17?,18-,19+/m0/s1. The molecule has 1 aliphatic heterocycles. The molecule has 0 bridgehead atoms. The van der Waals surface area contributed by atoms with Gasteiger partial charge in [-0.15, -0.1) is 0 Å². The van der Waals surface area contributed by atoms with Crippen molar-refractivity contribution in [1.29, 1.82) is 0 Å². The topological polar surface area (TPSA) is 3.24 Å². The average Bonchev–Trinajstić information content (AvgIpc) is 2.80. The zero-order valence-corrected chi connectivity index (χ0v) is 13.6. The van der Waals surface area contributed by atoms with Crippen LogP contribution in [0.2, 0.25) is 0 Å². The molecule has 1 heterocycles. The first-order chi connectivity index (χ1) is 9.55. The van der Waals surface area contributed by atoms with Crippen LogP contribution in [0.15, 0.2) is 12.2 Å². The Balaban J connectivity index is 1.68. The summed E-state index contributed by atoms with van der Waals surface area (Å²) in [5.41, 5.74) is 1.16. The summed E-state index contributed by atoms with van der Waals surface area (Å²) in [6, 6.07) is 0.805. The second-order valence-corrected chi connectivity index (χ2v) is 8.76. The molecule has 6 atom stereocenters. The van der Waals surface area contributed by atoms with Crippen molar-refractivity contribution in [3.8, 4) is 0 Å². The highest BCUT2D eigenvalue weighted by Crippen LogP contribution is 2.63. The lowest BCUT2D eigenvalue weighted by atomic mass is 9.48. The van der Waals surface area contributed by atoms with Gasteiger partial charge in [0.15, 0.2) is 0 Å². The third-order valence-corrected chi connectivity index (χ3v) is 7.91. The molecule has 0 N–H and O–H groups in total. The van der Waals surface area contributed by atoms with Gasteiger partial charge in [-0.05, 0) is 68.7 Å². The van der Waals surface area contributed by atoms with E-state index in [1.54, 1.807) is 0 Å². The van der Waals surface area contributed by atoms with E-state index in [1.165, 1.54) is 51.5 Å². The van der Waals surface area contributed by atoms with E-state index in [4.69, 9.17) is 0 Å². The lowest BCUT2D eigenvalue weighted by Crippen LogP contribution is -2.58. The van der Waals surface area contributed by atoms with Crippen molar-refractivity contribution in [1.82, 2.24) is 4.90 Å². The van der Waals surface area contributed by atoms with Gasteiger partial charge < -0.3 is 0 Å². The van der Waals surface area contributed by atoms with Gasteiger partial charge in [0.2, 0.25) is 0 Å². The van der Waals surface area contributed by atoms with Gasteiger partial charge in [-0.1, -0.05) is 32.4 Å². The van der Waals surface area contributed by atoms with Crippen molar-refractivity contribution < 1.29 is 0 Å². The molecule has 4 rings (SSSR count).